The molecule has 0 aromatic carbocycles. The van der Waals surface area contributed by atoms with Crippen LogP contribution in [0.4, 0.5) is 57.1 Å². The Bertz CT molecular complexity index is 547. The molecular formula is C8H14F13N2O4P. The van der Waals surface area contributed by atoms with Crippen LogP contribution in [-0.4, -0.2) is 47.4 Å². The molecule has 0 aliphatic heterocycles. The van der Waals surface area contributed by atoms with E-state index in [1.165, 1.54) is 0 Å². The van der Waals surface area contributed by atoms with Crippen molar-refractivity contribution >= 4 is 7.60 Å². The van der Waals surface area contributed by atoms with Gasteiger partial charge in [-0.25, -0.2) is 0 Å². The lowest BCUT2D eigenvalue weighted by Crippen LogP contribution is -2.70. The quantitative estimate of drug-likeness (QED) is 0.423. The maximum atomic E-state index is 13.0. The molecule has 0 amide bonds. The van der Waals surface area contributed by atoms with Crippen LogP contribution in [0.5, 0.6) is 0 Å². The van der Waals surface area contributed by atoms with Gasteiger partial charge < -0.3 is 32.1 Å². The van der Waals surface area contributed by atoms with Crippen molar-refractivity contribution in [2.24, 2.45) is 0 Å². The molecule has 0 unspecified atom stereocenters. The van der Waals surface area contributed by atoms with Gasteiger partial charge in [0.25, 0.3) is 0 Å². The van der Waals surface area contributed by atoms with Crippen molar-refractivity contribution in [1.29, 1.82) is 0 Å². The standard InChI is InChI=1S/C8H6F13O3P.2H3N.H2O/c9-3(10,1-2-25(22,23)24)4(11,12)5(13,14)6(15,16)7(17,18)8(19,20)21;;;/h1-2H2,(H2,22,23,24);2*1H3;1H2. The lowest BCUT2D eigenvalue weighted by molar-refractivity contribution is -0.440. The zero-order chi connectivity index (χ0) is 20.9. The second-order valence-electron chi connectivity index (χ2n) is 4.58. The third-order valence-electron chi connectivity index (χ3n) is 2.70. The van der Waals surface area contributed by atoms with Gasteiger partial charge in [-0.2, -0.15) is 57.1 Å². The van der Waals surface area contributed by atoms with Crippen molar-refractivity contribution in [1.82, 2.24) is 12.3 Å². The summed E-state index contributed by atoms with van der Waals surface area (Å²) in [6.07, 6.45) is -13.1. The summed E-state index contributed by atoms with van der Waals surface area (Å²) in [6, 6.07) is 0. The van der Waals surface area contributed by atoms with Gasteiger partial charge in [0.1, 0.15) is 0 Å². The summed E-state index contributed by atoms with van der Waals surface area (Å²) in [5, 5.41) is 0. The maximum Gasteiger partial charge on any atom is 0.460 e. The first-order valence-corrected chi connectivity index (χ1v) is 7.15. The van der Waals surface area contributed by atoms with Crippen LogP contribution in [0.2, 0.25) is 0 Å². The van der Waals surface area contributed by atoms with E-state index in [1.54, 1.807) is 0 Å². The van der Waals surface area contributed by atoms with Crippen molar-refractivity contribution in [3.05, 3.63) is 0 Å². The third kappa shape index (κ3) is 5.59. The maximum absolute atomic E-state index is 13.0. The van der Waals surface area contributed by atoms with Gasteiger partial charge in [-0.05, 0) is 6.16 Å². The molecule has 0 fully saturated rings. The molecule has 28 heavy (non-hydrogen) atoms. The largest absolute Gasteiger partial charge is 0.811 e. The highest BCUT2D eigenvalue weighted by molar-refractivity contribution is 7.48. The summed E-state index contributed by atoms with van der Waals surface area (Å²) in [7, 11) is -6.06. The molecule has 0 bridgehead atoms. The van der Waals surface area contributed by atoms with E-state index in [1.807, 2.05) is 0 Å². The summed E-state index contributed by atoms with van der Waals surface area (Å²) < 4.78 is 173. The highest BCUT2D eigenvalue weighted by atomic mass is 31.2. The zero-order valence-corrected chi connectivity index (χ0v) is 14.4. The van der Waals surface area contributed by atoms with Crippen LogP contribution in [0, 0.1) is 0 Å². The molecule has 0 aliphatic rings. The fourth-order valence-electron chi connectivity index (χ4n) is 1.24. The van der Waals surface area contributed by atoms with Gasteiger partial charge in [0.2, 0.25) is 0 Å². The van der Waals surface area contributed by atoms with Gasteiger partial charge in [-0.15, -0.1) is 0 Å². The number of alkyl halides is 13. The molecule has 0 heterocycles. The third-order valence-corrected chi connectivity index (χ3v) is 3.47. The van der Waals surface area contributed by atoms with Crippen LogP contribution in [-0.2, 0) is 4.57 Å². The number of quaternary nitrogens is 2. The Hall–Kier alpha value is -0.880. The minimum Gasteiger partial charge on any atom is -0.811 e. The van der Waals surface area contributed by atoms with Gasteiger partial charge in [-0.3, -0.25) is 0 Å². The van der Waals surface area contributed by atoms with E-state index < -0.39 is 56.0 Å². The van der Waals surface area contributed by atoms with Crippen molar-refractivity contribution in [3.63, 3.8) is 0 Å². The predicted molar refractivity (Wildman–Crippen MR) is 63.5 cm³/mol. The molecule has 176 valence electrons. The summed E-state index contributed by atoms with van der Waals surface area (Å²) in [5.74, 6) is -38.0. The van der Waals surface area contributed by atoms with Crippen molar-refractivity contribution < 1.29 is 76.9 Å². The second-order valence-corrected chi connectivity index (χ2v) is 6.25. The van der Waals surface area contributed by atoms with Crippen LogP contribution >= 0.6 is 7.60 Å². The summed E-state index contributed by atoms with van der Waals surface area (Å²) in [6.45, 7) is 0. The number of rotatable bonds is 7. The van der Waals surface area contributed by atoms with E-state index in [0.29, 0.717) is 0 Å². The Balaban J connectivity index is -0.000000960. The van der Waals surface area contributed by atoms with Crippen molar-refractivity contribution in [3.8, 4) is 0 Å². The first-order valence-electron chi connectivity index (χ1n) is 5.42. The van der Waals surface area contributed by atoms with E-state index in [9.17, 15) is 71.4 Å². The smallest absolute Gasteiger partial charge is 0.460 e. The average Bonchev–Trinajstić information content (AvgIpc) is 2.33. The molecule has 0 saturated heterocycles. The van der Waals surface area contributed by atoms with Gasteiger partial charge in [0, 0.05) is 6.42 Å². The summed E-state index contributed by atoms with van der Waals surface area (Å²) in [4.78, 5) is 20.1. The van der Waals surface area contributed by atoms with Crippen molar-refractivity contribution in [2.75, 3.05) is 6.16 Å². The molecule has 0 atom stereocenters. The second kappa shape index (κ2) is 8.86. The molecule has 0 aliphatic carbocycles. The fraction of sp³-hybridized carbons (Fsp3) is 1.00. The Morgan fingerprint density at radius 3 is 1.14 bits per heavy atom. The highest BCUT2D eigenvalue weighted by Gasteiger charge is 2.90. The minimum atomic E-state index is -8.05. The molecule has 0 aromatic rings. The minimum absolute atomic E-state index is 0. The lowest BCUT2D eigenvalue weighted by atomic mass is 9.93. The molecule has 6 nitrogen and oxygen atoms in total. The summed E-state index contributed by atoms with van der Waals surface area (Å²) in [5.41, 5.74) is 0. The van der Waals surface area contributed by atoms with Crippen LogP contribution in [0.15, 0.2) is 0 Å². The monoisotopic (exact) mass is 480 g/mol. The molecule has 0 saturated carbocycles. The van der Waals surface area contributed by atoms with Crippen LogP contribution in [0.25, 0.3) is 0 Å². The predicted octanol–water partition coefficient (Wildman–Crippen LogP) is 2.96. The molecule has 10 N–H and O–H groups in total. The Kier molecular flexibility index (Phi) is 11.0. The van der Waals surface area contributed by atoms with Gasteiger partial charge in [-0.1, -0.05) is 7.60 Å². The van der Waals surface area contributed by atoms with E-state index in [-0.39, 0.29) is 17.8 Å². The molecule has 0 aromatic heterocycles. The Labute approximate surface area is 146 Å². The van der Waals surface area contributed by atoms with Crippen LogP contribution < -0.4 is 22.1 Å². The number of halogens is 13. The molecule has 0 rings (SSSR count). The fourth-order valence-corrected chi connectivity index (χ4v) is 1.79. The van der Waals surface area contributed by atoms with E-state index >= 15 is 0 Å². The average molecular weight is 480 g/mol. The van der Waals surface area contributed by atoms with Gasteiger partial charge in [0.05, 0.1) is 0 Å². The van der Waals surface area contributed by atoms with E-state index in [4.69, 9.17) is 0 Å². The molecule has 0 spiro atoms. The summed E-state index contributed by atoms with van der Waals surface area (Å²) >= 11 is 0. The van der Waals surface area contributed by atoms with E-state index in [2.05, 4.69) is 0 Å². The molecule has 20 heteroatoms. The topological polar surface area (TPSA) is 168 Å². The molecular weight excluding hydrogens is 466 g/mol. The molecule has 0 radical (unpaired) electrons. The highest BCUT2D eigenvalue weighted by Crippen LogP contribution is 2.60. The first-order chi connectivity index (χ1) is 10.5. The Morgan fingerprint density at radius 1 is 0.607 bits per heavy atom. The van der Waals surface area contributed by atoms with Crippen molar-refractivity contribution in [2.45, 2.75) is 42.2 Å². The Morgan fingerprint density at radius 2 is 0.893 bits per heavy atom. The zero-order valence-electron chi connectivity index (χ0n) is 13.5. The van der Waals surface area contributed by atoms with Crippen LogP contribution in [0.3, 0.4) is 0 Å². The van der Waals surface area contributed by atoms with E-state index in [0.717, 1.165) is 0 Å². The van der Waals surface area contributed by atoms with Gasteiger partial charge in [0.15, 0.2) is 0 Å². The van der Waals surface area contributed by atoms with Crippen LogP contribution in [0.1, 0.15) is 6.42 Å². The first kappa shape index (κ1) is 34.6. The SMILES string of the molecule is O.O=P([O-])([O-])CCC(F)(F)C(F)(F)C(F)(F)C(F)(F)C(F)(F)C(F)(F)F.[NH4+].[NH4+]. The number of hydrogen-bond donors (Lipinski definition) is 2. The lowest BCUT2D eigenvalue weighted by Gasteiger charge is -2.40. The number of hydrogen-bond acceptors (Lipinski definition) is 3. The van der Waals surface area contributed by atoms with Gasteiger partial charge >= 0.3 is 35.8 Å². The normalized spacial score (nSPS) is 14.5.